The number of nitrogens with one attached hydrogen (secondary N) is 1. The van der Waals surface area contributed by atoms with Gasteiger partial charge in [0.05, 0.1) is 11.6 Å². The van der Waals surface area contributed by atoms with Gasteiger partial charge in [0.15, 0.2) is 0 Å². The molecule has 2 unspecified atom stereocenters. The molecule has 0 spiro atoms. The lowest BCUT2D eigenvalue weighted by Crippen LogP contribution is -2.47. The summed E-state index contributed by atoms with van der Waals surface area (Å²) in [6.45, 7) is 1.51. The van der Waals surface area contributed by atoms with Gasteiger partial charge in [0, 0.05) is 13.1 Å². The molecule has 114 valence electrons. The van der Waals surface area contributed by atoms with E-state index in [-0.39, 0.29) is 18.7 Å². The van der Waals surface area contributed by atoms with E-state index in [1.165, 1.54) is 11.0 Å². The topological polar surface area (TPSA) is 41.6 Å². The summed E-state index contributed by atoms with van der Waals surface area (Å²) in [5.74, 6) is 0. The number of fused-ring (bicyclic) bond motifs is 1. The smallest absolute Gasteiger partial charge is 0.416 e. The van der Waals surface area contributed by atoms with Gasteiger partial charge in [0.1, 0.15) is 6.10 Å². The number of ether oxygens (including phenoxy) is 1. The monoisotopic (exact) mass is 300 g/mol. The van der Waals surface area contributed by atoms with Crippen LogP contribution < -0.4 is 5.32 Å². The molecule has 2 heterocycles. The molecule has 2 atom stereocenters. The number of benzene rings is 1. The third-order valence-electron chi connectivity index (χ3n) is 3.89. The molecule has 0 bridgehead atoms. The average Bonchev–Trinajstić information content (AvgIpc) is 2.75. The summed E-state index contributed by atoms with van der Waals surface area (Å²) < 4.78 is 43.4. The summed E-state index contributed by atoms with van der Waals surface area (Å²) in [4.78, 5) is 13.4. The van der Waals surface area contributed by atoms with E-state index in [4.69, 9.17) is 4.74 Å². The minimum Gasteiger partial charge on any atom is -0.443 e. The number of hydrogen-bond acceptors (Lipinski definition) is 3. The molecule has 2 saturated heterocycles. The quantitative estimate of drug-likeness (QED) is 0.912. The molecule has 2 fully saturated rings. The van der Waals surface area contributed by atoms with Crippen molar-refractivity contribution in [2.45, 2.75) is 31.3 Å². The second-order valence-electron chi connectivity index (χ2n) is 5.31. The van der Waals surface area contributed by atoms with Crippen LogP contribution in [-0.2, 0) is 17.5 Å². The summed E-state index contributed by atoms with van der Waals surface area (Å²) in [6.07, 6.45) is -4.29. The fourth-order valence-corrected chi connectivity index (χ4v) is 2.85. The van der Waals surface area contributed by atoms with E-state index in [2.05, 4.69) is 5.32 Å². The number of piperidine rings is 1. The van der Waals surface area contributed by atoms with Crippen molar-refractivity contribution in [3.05, 3.63) is 35.4 Å². The first-order valence-corrected chi connectivity index (χ1v) is 6.79. The lowest BCUT2D eigenvalue weighted by molar-refractivity contribution is -0.137. The highest BCUT2D eigenvalue weighted by Gasteiger charge is 2.42. The van der Waals surface area contributed by atoms with Crippen molar-refractivity contribution >= 4 is 6.09 Å². The van der Waals surface area contributed by atoms with E-state index in [0.29, 0.717) is 12.1 Å². The van der Waals surface area contributed by atoms with Gasteiger partial charge in [-0.15, -0.1) is 0 Å². The Morgan fingerprint density at radius 2 is 2.19 bits per heavy atom. The van der Waals surface area contributed by atoms with Crippen molar-refractivity contribution in [3.8, 4) is 0 Å². The molecule has 0 aromatic heterocycles. The van der Waals surface area contributed by atoms with Crippen molar-refractivity contribution < 1.29 is 22.7 Å². The van der Waals surface area contributed by atoms with Gasteiger partial charge in [-0.3, -0.25) is 4.90 Å². The Hall–Kier alpha value is -1.76. The number of carbonyl (C=O) groups is 1. The maximum atomic E-state index is 12.7. The first kappa shape index (κ1) is 14.2. The molecular weight excluding hydrogens is 285 g/mol. The zero-order chi connectivity index (χ0) is 15.0. The van der Waals surface area contributed by atoms with Gasteiger partial charge in [0.2, 0.25) is 0 Å². The van der Waals surface area contributed by atoms with Crippen LogP contribution in [0.25, 0.3) is 0 Å². The van der Waals surface area contributed by atoms with Crippen molar-refractivity contribution in [3.63, 3.8) is 0 Å². The van der Waals surface area contributed by atoms with E-state index in [1.54, 1.807) is 6.07 Å². The van der Waals surface area contributed by atoms with Crippen molar-refractivity contribution in [1.29, 1.82) is 0 Å². The molecular formula is C14H15F3N2O2. The van der Waals surface area contributed by atoms with Gasteiger partial charge in [-0.1, -0.05) is 12.1 Å². The molecule has 7 heteroatoms. The highest BCUT2D eigenvalue weighted by Crippen LogP contribution is 2.31. The highest BCUT2D eigenvalue weighted by molar-refractivity contribution is 5.71. The van der Waals surface area contributed by atoms with E-state index >= 15 is 0 Å². The zero-order valence-corrected chi connectivity index (χ0v) is 11.2. The Morgan fingerprint density at radius 1 is 1.38 bits per heavy atom. The summed E-state index contributed by atoms with van der Waals surface area (Å²) in [7, 11) is 0. The lowest BCUT2D eigenvalue weighted by atomic mass is 10.0. The number of carbonyl (C=O) groups excluding carboxylic acids is 1. The zero-order valence-electron chi connectivity index (χ0n) is 11.2. The minimum atomic E-state index is -4.38. The van der Waals surface area contributed by atoms with Crippen LogP contribution in [0.15, 0.2) is 24.3 Å². The van der Waals surface area contributed by atoms with Crippen LogP contribution in [-0.4, -0.2) is 36.2 Å². The Labute approximate surface area is 119 Å². The molecule has 2 aliphatic heterocycles. The van der Waals surface area contributed by atoms with Gasteiger partial charge in [0.25, 0.3) is 0 Å². The van der Waals surface area contributed by atoms with Gasteiger partial charge >= 0.3 is 12.3 Å². The Morgan fingerprint density at radius 3 is 2.95 bits per heavy atom. The van der Waals surface area contributed by atoms with E-state index in [1.807, 2.05) is 0 Å². The Bertz CT molecular complexity index is 547. The minimum absolute atomic E-state index is 0.0618. The van der Waals surface area contributed by atoms with Crippen LogP contribution in [0.2, 0.25) is 0 Å². The van der Waals surface area contributed by atoms with Gasteiger partial charge in [-0.2, -0.15) is 13.2 Å². The molecule has 0 aliphatic carbocycles. The number of hydrogen-bond donors (Lipinski definition) is 1. The van der Waals surface area contributed by atoms with E-state index < -0.39 is 17.8 Å². The lowest BCUT2D eigenvalue weighted by Gasteiger charge is -2.28. The van der Waals surface area contributed by atoms with Gasteiger partial charge in [-0.05, 0) is 30.7 Å². The summed E-state index contributed by atoms with van der Waals surface area (Å²) >= 11 is 0. The average molecular weight is 300 g/mol. The number of nitrogens with zero attached hydrogens (tertiary/aromatic N) is 1. The second-order valence-corrected chi connectivity index (χ2v) is 5.31. The SMILES string of the molecule is O=C1OC2CNCCC2N1Cc1cccc(C(F)(F)F)c1. The first-order valence-electron chi connectivity index (χ1n) is 6.79. The number of amides is 1. The number of rotatable bonds is 2. The standard InChI is InChI=1S/C14H15F3N2O2/c15-14(16,17)10-3-1-2-9(6-10)8-19-11-4-5-18-7-12(11)21-13(19)20/h1-3,6,11-12,18H,4-5,7-8H2. The summed E-state index contributed by atoms with van der Waals surface area (Å²) in [6, 6.07) is 5.00. The molecule has 3 rings (SSSR count). The predicted molar refractivity (Wildman–Crippen MR) is 68.5 cm³/mol. The number of alkyl halides is 3. The van der Waals surface area contributed by atoms with E-state index in [9.17, 15) is 18.0 Å². The first-order chi connectivity index (χ1) is 9.95. The predicted octanol–water partition coefficient (Wildman–Crippen LogP) is 2.39. The third kappa shape index (κ3) is 2.83. The van der Waals surface area contributed by atoms with Crippen molar-refractivity contribution in [1.82, 2.24) is 10.2 Å². The molecule has 1 aromatic rings. The maximum Gasteiger partial charge on any atom is 0.416 e. The normalized spacial score (nSPS) is 25.7. The van der Waals surface area contributed by atoms with Crippen LogP contribution >= 0.6 is 0 Å². The molecule has 1 aromatic carbocycles. The van der Waals surface area contributed by atoms with Gasteiger partial charge in [-0.25, -0.2) is 4.79 Å². The molecule has 2 aliphatic rings. The van der Waals surface area contributed by atoms with Crippen LogP contribution in [0, 0.1) is 0 Å². The molecule has 4 nitrogen and oxygen atoms in total. The maximum absolute atomic E-state index is 12.7. The number of halogens is 3. The van der Waals surface area contributed by atoms with Crippen molar-refractivity contribution in [2.24, 2.45) is 0 Å². The highest BCUT2D eigenvalue weighted by atomic mass is 19.4. The van der Waals surface area contributed by atoms with Crippen LogP contribution in [0.1, 0.15) is 17.5 Å². The fourth-order valence-electron chi connectivity index (χ4n) is 2.85. The Balaban J connectivity index is 1.78. The van der Waals surface area contributed by atoms with Crippen LogP contribution in [0.4, 0.5) is 18.0 Å². The summed E-state index contributed by atoms with van der Waals surface area (Å²) in [5, 5.41) is 3.14. The molecule has 0 saturated carbocycles. The molecule has 1 amide bonds. The summed E-state index contributed by atoms with van der Waals surface area (Å²) in [5.41, 5.74) is -0.240. The third-order valence-corrected chi connectivity index (χ3v) is 3.89. The Kier molecular flexibility index (Phi) is 3.52. The fraction of sp³-hybridized carbons (Fsp3) is 0.500. The van der Waals surface area contributed by atoms with Crippen LogP contribution in [0.5, 0.6) is 0 Å². The largest absolute Gasteiger partial charge is 0.443 e. The second kappa shape index (κ2) is 5.22. The molecule has 0 radical (unpaired) electrons. The molecule has 21 heavy (non-hydrogen) atoms. The van der Waals surface area contributed by atoms with Crippen molar-refractivity contribution in [2.75, 3.05) is 13.1 Å². The van der Waals surface area contributed by atoms with Crippen LogP contribution in [0.3, 0.4) is 0 Å². The van der Waals surface area contributed by atoms with E-state index in [0.717, 1.165) is 25.1 Å². The van der Waals surface area contributed by atoms with Gasteiger partial charge < -0.3 is 10.1 Å². The molecule has 1 N–H and O–H groups in total.